The molecule has 0 spiro atoms. The van der Waals surface area contributed by atoms with Gasteiger partial charge in [0.2, 0.25) is 5.91 Å². The van der Waals surface area contributed by atoms with E-state index in [1.54, 1.807) is 0 Å². The van der Waals surface area contributed by atoms with Gasteiger partial charge in [-0.05, 0) is 66.7 Å². The standard InChI is InChI=1S/C17H30N2O3/c1-11(2)19(14-8-9-14)15(20)12-6-7-13(10-12)18-16(21)22-17(3,4)5/h11-14H,6-10H2,1-5H3,(H,18,21)/t12-,13+/m1/s1. The molecular weight excluding hydrogens is 280 g/mol. The van der Waals surface area contributed by atoms with Gasteiger partial charge in [0.15, 0.2) is 0 Å². The normalized spacial score (nSPS) is 25.2. The zero-order valence-corrected chi connectivity index (χ0v) is 14.5. The lowest BCUT2D eigenvalue weighted by molar-refractivity contribution is -0.137. The van der Waals surface area contributed by atoms with Crippen molar-refractivity contribution in [1.29, 1.82) is 0 Å². The summed E-state index contributed by atoms with van der Waals surface area (Å²) in [7, 11) is 0. The number of carbonyl (C=O) groups is 2. The summed E-state index contributed by atoms with van der Waals surface area (Å²) in [6.45, 7) is 9.72. The molecule has 1 N–H and O–H groups in total. The SMILES string of the molecule is CC(C)N(C(=O)[C@@H]1CC[C@H](NC(=O)OC(C)(C)C)C1)C1CC1. The van der Waals surface area contributed by atoms with Crippen LogP contribution in [0, 0.1) is 5.92 Å². The summed E-state index contributed by atoms with van der Waals surface area (Å²) < 4.78 is 5.28. The lowest BCUT2D eigenvalue weighted by Gasteiger charge is -2.29. The average Bonchev–Trinajstić information content (AvgIpc) is 3.05. The second-order valence-electron chi connectivity index (χ2n) is 7.92. The van der Waals surface area contributed by atoms with E-state index in [1.165, 1.54) is 0 Å². The van der Waals surface area contributed by atoms with Gasteiger partial charge in [0, 0.05) is 24.0 Å². The van der Waals surface area contributed by atoms with E-state index < -0.39 is 5.60 Å². The molecule has 0 bridgehead atoms. The maximum absolute atomic E-state index is 12.7. The second-order valence-corrected chi connectivity index (χ2v) is 7.92. The molecular formula is C17H30N2O3. The van der Waals surface area contributed by atoms with Crippen LogP contribution in [0.1, 0.15) is 66.7 Å². The van der Waals surface area contributed by atoms with Gasteiger partial charge in [-0.25, -0.2) is 4.79 Å². The van der Waals surface area contributed by atoms with Crippen LogP contribution in [0.15, 0.2) is 0 Å². The van der Waals surface area contributed by atoms with Crippen LogP contribution < -0.4 is 5.32 Å². The molecule has 2 atom stereocenters. The third-order valence-electron chi connectivity index (χ3n) is 4.25. The molecule has 0 saturated heterocycles. The van der Waals surface area contributed by atoms with Crippen LogP contribution in [-0.2, 0) is 9.53 Å². The fraction of sp³-hybridized carbons (Fsp3) is 0.882. The molecule has 0 aromatic heterocycles. The lowest BCUT2D eigenvalue weighted by Crippen LogP contribution is -2.43. The molecule has 0 aromatic rings. The van der Waals surface area contributed by atoms with Crippen LogP contribution in [0.4, 0.5) is 4.79 Å². The van der Waals surface area contributed by atoms with E-state index in [0.717, 1.165) is 32.1 Å². The topological polar surface area (TPSA) is 58.6 Å². The summed E-state index contributed by atoms with van der Waals surface area (Å²) in [6, 6.07) is 0.764. The molecule has 2 fully saturated rings. The van der Waals surface area contributed by atoms with E-state index in [9.17, 15) is 9.59 Å². The number of hydrogen-bond donors (Lipinski definition) is 1. The van der Waals surface area contributed by atoms with Crippen molar-refractivity contribution in [2.75, 3.05) is 0 Å². The summed E-state index contributed by atoms with van der Waals surface area (Å²) in [5, 5.41) is 2.90. The van der Waals surface area contributed by atoms with Crippen molar-refractivity contribution >= 4 is 12.0 Å². The quantitative estimate of drug-likeness (QED) is 0.868. The number of ether oxygens (including phenoxy) is 1. The first kappa shape index (κ1) is 17.1. The van der Waals surface area contributed by atoms with E-state index in [4.69, 9.17) is 4.74 Å². The number of amides is 2. The third-order valence-corrected chi connectivity index (χ3v) is 4.25. The van der Waals surface area contributed by atoms with Crippen molar-refractivity contribution in [3.63, 3.8) is 0 Å². The third kappa shape index (κ3) is 4.62. The predicted octanol–water partition coefficient (Wildman–Crippen LogP) is 3.08. The van der Waals surface area contributed by atoms with Crippen molar-refractivity contribution in [3.05, 3.63) is 0 Å². The molecule has 126 valence electrons. The molecule has 0 aromatic carbocycles. The van der Waals surface area contributed by atoms with E-state index in [-0.39, 0.29) is 30.0 Å². The molecule has 0 unspecified atom stereocenters. The monoisotopic (exact) mass is 310 g/mol. The molecule has 5 nitrogen and oxygen atoms in total. The number of hydrogen-bond acceptors (Lipinski definition) is 3. The van der Waals surface area contributed by atoms with Gasteiger partial charge in [-0.1, -0.05) is 0 Å². The Morgan fingerprint density at radius 2 is 1.77 bits per heavy atom. The van der Waals surface area contributed by atoms with Crippen molar-refractivity contribution in [2.24, 2.45) is 5.92 Å². The molecule has 22 heavy (non-hydrogen) atoms. The first-order chi connectivity index (χ1) is 10.2. The van der Waals surface area contributed by atoms with E-state index >= 15 is 0 Å². The summed E-state index contributed by atoms with van der Waals surface area (Å²) in [5.41, 5.74) is -0.488. The minimum Gasteiger partial charge on any atom is -0.444 e. The van der Waals surface area contributed by atoms with Crippen LogP contribution in [0.5, 0.6) is 0 Å². The summed E-state index contributed by atoms with van der Waals surface area (Å²) in [5.74, 6) is 0.314. The van der Waals surface area contributed by atoms with Crippen molar-refractivity contribution in [3.8, 4) is 0 Å². The van der Waals surface area contributed by atoms with Crippen LogP contribution in [0.2, 0.25) is 0 Å². The molecule has 2 rings (SSSR count). The Balaban J connectivity index is 1.84. The highest BCUT2D eigenvalue weighted by Crippen LogP contribution is 2.34. The van der Waals surface area contributed by atoms with Gasteiger partial charge in [-0.15, -0.1) is 0 Å². The number of alkyl carbamates (subject to hydrolysis) is 1. The van der Waals surface area contributed by atoms with E-state index in [2.05, 4.69) is 24.1 Å². The molecule has 5 heteroatoms. The average molecular weight is 310 g/mol. The zero-order chi connectivity index (χ0) is 16.5. The molecule has 2 saturated carbocycles. The molecule has 2 amide bonds. The fourth-order valence-electron chi connectivity index (χ4n) is 3.23. The smallest absolute Gasteiger partial charge is 0.407 e. The highest BCUT2D eigenvalue weighted by Gasteiger charge is 2.40. The first-order valence-corrected chi connectivity index (χ1v) is 8.49. The van der Waals surface area contributed by atoms with Crippen molar-refractivity contribution in [2.45, 2.75) is 90.4 Å². The molecule has 2 aliphatic carbocycles. The van der Waals surface area contributed by atoms with Gasteiger partial charge >= 0.3 is 6.09 Å². The fourth-order valence-corrected chi connectivity index (χ4v) is 3.23. The largest absolute Gasteiger partial charge is 0.444 e. The minimum absolute atomic E-state index is 0.0444. The lowest BCUT2D eigenvalue weighted by atomic mass is 10.0. The summed E-state index contributed by atoms with van der Waals surface area (Å²) >= 11 is 0. The van der Waals surface area contributed by atoms with E-state index in [0.29, 0.717) is 6.04 Å². The van der Waals surface area contributed by atoms with Crippen LogP contribution in [-0.4, -0.2) is 40.6 Å². The maximum Gasteiger partial charge on any atom is 0.407 e. The first-order valence-electron chi connectivity index (χ1n) is 8.49. The zero-order valence-electron chi connectivity index (χ0n) is 14.5. The highest BCUT2D eigenvalue weighted by molar-refractivity contribution is 5.80. The molecule has 0 aliphatic heterocycles. The van der Waals surface area contributed by atoms with Crippen LogP contribution >= 0.6 is 0 Å². The van der Waals surface area contributed by atoms with Gasteiger partial charge < -0.3 is 15.0 Å². The van der Waals surface area contributed by atoms with E-state index in [1.807, 2.05) is 20.8 Å². The Hall–Kier alpha value is -1.26. The Morgan fingerprint density at radius 1 is 1.14 bits per heavy atom. The number of carbonyl (C=O) groups excluding carboxylic acids is 2. The van der Waals surface area contributed by atoms with Gasteiger partial charge in [0.05, 0.1) is 0 Å². The number of nitrogens with one attached hydrogen (secondary N) is 1. The molecule has 0 heterocycles. The van der Waals surface area contributed by atoms with Crippen molar-refractivity contribution < 1.29 is 14.3 Å². The number of nitrogens with zero attached hydrogens (tertiary/aromatic N) is 1. The Labute approximate surface area is 133 Å². The Bertz CT molecular complexity index is 422. The highest BCUT2D eigenvalue weighted by atomic mass is 16.6. The predicted molar refractivity (Wildman–Crippen MR) is 85.5 cm³/mol. The van der Waals surface area contributed by atoms with Crippen molar-refractivity contribution in [1.82, 2.24) is 10.2 Å². The second kappa shape index (κ2) is 6.47. The number of rotatable bonds is 4. The van der Waals surface area contributed by atoms with Gasteiger partial charge in [-0.2, -0.15) is 0 Å². The maximum atomic E-state index is 12.7. The summed E-state index contributed by atoms with van der Waals surface area (Å²) in [4.78, 5) is 26.6. The van der Waals surface area contributed by atoms with Gasteiger partial charge in [0.1, 0.15) is 5.60 Å². The molecule has 0 radical (unpaired) electrons. The molecule has 2 aliphatic rings. The Morgan fingerprint density at radius 3 is 2.27 bits per heavy atom. The van der Waals surface area contributed by atoms with Gasteiger partial charge in [0.25, 0.3) is 0 Å². The summed E-state index contributed by atoms with van der Waals surface area (Å²) in [6.07, 6.45) is 4.33. The minimum atomic E-state index is -0.488. The van der Waals surface area contributed by atoms with Gasteiger partial charge in [-0.3, -0.25) is 4.79 Å². The van der Waals surface area contributed by atoms with Crippen LogP contribution in [0.25, 0.3) is 0 Å². The Kier molecular flexibility index (Phi) is 5.03. The van der Waals surface area contributed by atoms with Crippen LogP contribution in [0.3, 0.4) is 0 Å².